The summed E-state index contributed by atoms with van der Waals surface area (Å²) in [6, 6.07) is 7.93. The Morgan fingerprint density at radius 2 is 1.86 bits per heavy atom. The molecule has 0 atom stereocenters. The number of benzene rings is 1. The summed E-state index contributed by atoms with van der Waals surface area (Å²) in [5.74, 6) is 2.15. The first-order chi connectivity index (χ1) is 9.99. The van der Waals surface area contributed by atoms with E-state index in [0.717, 1.165) is 32.8 Å². The number of methoxy groups -OCH3 is 1. The molecular formula is C16H18ClIN2O. The van der Waals surface area contributed by atoms with Crippen LogP contribution in [0, 0.1) is 9.49 Å². The van der Waals surface area contributed by atoms with Crippen molar-refractivity contribution in [2.75, 3.05) is 7.11 Å². The molecule has 2 aromatic rings. The molecule has 0 N–H and O–H groups in total. The maximum absolute atomic E-state index is 6.24. The predicted octanol–water partition coefficient (Wildman–Crippen LogP) is 4.53. The first-order valence-electron chi connectivity index (χ1n) is 6.83. The van der Waals surface area contributed by atoms with E-state index in [1.54, 1.807) is 7.11 Å². The zero-order valence-electron chi connectivity index (χ0n) is 12.4. The summed E-state index contributed by atoms with van der Waals surface area (Å²) in [6.07, 6.45) is 1.59. The molecule has 112 valence electrons. The smallest absolute Gasteiger partial charge is 0.146 e. The zero-order chi connectivity index (χ0) is 15.4. The zero-order valence-corrected chi connectivity index (χ0v) is 15.3. The standard InChI is InChI=1S/C16H18ClIN2O/c1-10(2)8-13-15(18)16(17)20-14(19-13)9-11-4-6-12(21-3)7-5-11/h4-7,10H,8-9H2,1-3H3. The first-order valence-corrected chi connectivity index (χ1v) is 8.29. The topological polar surface area (TPSA) is 35.0 Å². The van der Waals surface area contributed by atoms with Crippen molar-refractivity contribution in [1.82, 2.24) is 9.97 Å². The van der Waals surface area contributed by atoms with Crippen molar-refractivity contribution in [3.05, 3.63) is 50.1 Å². The van der Waals surface area contributed by atoms with Gasteiger partial charge in [-0.2, -0.15) is 0 Å². The maximum atomic E-state index is 6.24. The molecule has 0 unspecified atom stereocenters. The third-order valence-electron chi connectivity index (χ3n) is 3.05. The quantitative estimate of drug-likeness (QED) is 0.530. The molecule has 0 amide bonds. The molecule has 0 aliphatic rings. The third kappa shape index (κ3) is 4.54. The molecular weight excluding hydrogens is 399 g/mol. The van der Waals surface area contributed by atoms with E-state index in [2.05, 4.69) is 46.4 Å². The highest BCUT2D eigenvalue weighted by atomic mass is 127. The minimum absolute atomic E-state index is 0.540. The van der Waals surface area contributed by atoms with Gasteiger partial charge in [0, 0.05) is 6.42 Å². The van der Waals surface area contributed by atoms with Crippen LogP contribution >= 0.6 is 34.2 Å². The summed E-state index contributed by atoms with van der Waals surface area (Å²) < 4.78 is 6.12. The number of hydrogen-bond acceptors (Lipinski definition) is 3. The fourth-order valence-electron chi connectivity index (χ4n) is 2.04. The van der Waals surface area contributed by atoms with Crippen LogP contribution in [0.3, 0.4) is 0 Å². The molecule has 5 heteroatoms. The number of hydrogen-bond donors (Lipinski definition) is 0. The van der Waals surface area contributed by atoms with Crippen molar-refractivity contribution in [1.29, 1.82) is 0 Å². The molecule has 0 saturated carbocycles. The van der Waals surface area contributed by atoms with E-state index in [4.69, 9.17) is 16.3 Å². The second kappa shape index (κ2) is 7.40. The minimum atomic E-state index is 0.540. The van der Waals surface area contributed by atoms with Crippen LogP contribution in [0.2, 0.25) is 5.15 Å². The molecule has 1 heterocycles. The van der Waals surface area contributed by atoms with E-state index in [1.165, 1.54) is 0 Å². The fourth-order valence-corrected chi connectivity index (χ4v) is 2.71. The predicted molar refractivity (Wildman–Crippen MR) is 94.1 cm³/mol. The summed E-state index contributed by atoms with van der Waals surface area (Å²) in [7, 11) is 1.66. The van der Waals surface area contributed by atoms with E-state index < -0.39 is 0 Å². The van der Waals surface area contributed by atoms with Gasteiger partial charge < -0.3 is 4.74 Å². The summed E-state index contributed by atoms with van der Waals surface area (Å²) in [5, 5.41) is 0.546. The summed E-state index contributed by atoms with van der Waals surface area (Å²) in [6.45, 7) is 4.35. The molecule has 0 aliphatic carbocycles. The molecule has 0 spiro atoms. The van der Waals surface area contributed by atoms with Gasteiger partial charge >= 0.3 is 0 Å². The molecule has 1 aromatic heterocycles. The van der Waals surface area contributed by atoms with Crippen LogP contribution < -0.4 is 4.74 Å². The van der Waals surface area contributed by atoms with Crippen molar-refractivity contribution in [3.63, 3.8) is 0 Å². The normalized spacial score (nSPS) is 11.0. The number of aromatic nitrogens is 2. The second-order valence-electron chi connectivity index (χ2n) is 5.31. The van der Waals surface area contributed by atoms with Crippen LogP contribution in [0.1, 0.15) is 30.9 Å². The van der Waals surface area contributed by atoms with Gasteiger partial charge in [0.15, 0.2) is 0 Å². The number of ether oxygens (including phenoxy) is 1. The molecule has 0 radical (unpaired) electrons. The van der Waals surface area contributed by atoms with Crippen molar-refractivity contribution >= 4 is 34.2 Å². The Bertz CT molecular complexity index is 614. The average Bonchev–Trinajstić information content (AvgIpc) is 2.44. The molecule has 0 aliphatic heterocycles. The molecule has 0 fully saturated rings. The summed E-state index contributed by atoms with van der Waals surface area (Å²) >= 11 is 8.46. The van der Waals surface area contributed by atoms with Crippen LogP contribution in [0.4, 0.5) is 0 Å². The average molecular weight is 417 g/mol. The van der Waals surface area contributed by atoms with Gasteiger partial charge in [-0.1, -0.05) is 37.6 Å². The van der Waals surface area contributed by atoms with Gasteiger partial charge in [-0.05, 0) is 52.6 Å². The van der Waals surface area contributed by atoms with Gasteiger partial charge in [0.05, 0.1) is 16.4 Å². The lowest BCUT2D eigenvalue weighted by Gasteiger charge is -2.10. The van der Waals surface area contributed by atoms with Gasteiger partial charge in [-0.25, -0.2) is 9.97 Å². The maximum Gasteiger partial charge on any atom is 0.146 e. The minimum Gasteiger partial charge on any atom is -0.497 e. The van der Waals surface area contributed by atoms with E-state index in [-0.39, 0.29) is 0 Å². The van der Waals surface area contributed by atoms with Gasteiger partial charge in [-0.3, -0.25) is 0 Å². The van der Waals surface area contributed by atoms with Crippen LogP contribution in [0.5, 0.6) is 5.75 Å². The van der Waals surface area contributed by atoms with E-state index >= 15 is 0 Å². The molecule has 2 rings (SSSR count). The van der Waals surface area contributed by atoms with Gasteiger partial charge in [-0.15, -0.1) is 0 Å². The third-order valence-corrected chi connectivity index (χ3v) is 4.77. The highest BCUT2D eigenvalue weighted by Crippen LogP contribution is 2.22. The van der Waals surface area contributed by atoms with Crippen LogP contribution in [-0.4, -0.2) is 17.1 Å². The Labute approximate surface area is 144 Å². The van der Waals surface area contributed by atoms with Crippen molar-refractivity contribution in [2.24, 2.45) is 5.92 Å². The van der Waals surface area contributed by atoms with Crippen LogP contribution in [0.25, 0.3) is 0 Å². The van der Waals surface area contributed by atoms with Crippen molar-refractivity contribution in [2.45, 2.75) is 26.7 Å². The summed E-state index contributed by atoms with van der Waals surface area (Å²) in [5.41, 5.74) is 2.18. The lowest BCUT2D eigenvalue weighted by Crippen LogP contribution is -2.07. The van der Waals surface area contributed by atoms with Crippen LogP contribution in [0.15, 0.2) is 24.3 Å². The monoisotopic (exact) mass is 416 g/mol. The van der Waals surface area contributed by atoms with E-state index in [0.29, 0.717) is 17.5 Å². The van der Waals surface area contributed by atoms with Gasteiger partial charge in [0.2, 0.25) is 0 Å². The van der Waals surface area contributed by atoms with Crippen molar-refractivity contribution in [3.8, 4) is 5.75 Å². The van der Waals surface area contributed by atoms with E-state index in [9.17, 15) is 0 Å². The Hall–Kier alpha value is -0.880. The van der Waals surface area contributed by atoms with E-state index in [1.807, 2.05) is 24.3 Å². The SMILES string of the molecule is COc1ccc(Cc2nc(Cl)c(I)c(CC(C)C)n2)cc1. The number of rotatable bonds is 5. The Kier molecular flexibility index (Phi) is 5.81. The van der Waals surface area contributed by atoms with Crippen LogP contribution in [-0.2, 0) is 12.8 Å². The van der Waals surface area contributed by atoms with Gasteiger partial charge in [0.25, 0.3) is 0 Å². The lowest BCUT2D eigenvalue weighted by molar-refractivity contribution is 0.414. The lowest BCUT2D eigenvalue weighted by atomic mass is 10.1. The highest BCUT2D eigenvalue weighted by molar-refractivity contribution is 14.1. The fraction of sp³-hybridized carbons (Fsp3) is 0.375. The molecule has 21 heavy (non-hydrogen) atoms. The molecule has 1 aromatic carbocycles. The molecule has 0 bridgehead atoms. The number of nitrogens with zero attached hydrogens (tertiary/aromatic N) is 2. The molecule has 3 nitrogen and oxygen atoms in total. The Morgan fingerprint density at radius 1 is 1.19 bits per heavy atom. The largest absolute Gasteiger partial charge is 0.497 e. The molecule has 0 saturated heterocycles. The highest BCUT2D eigenvalue weighted by Gasteiger charge is 2.12. The van der Waals surface area contributed by atoms with Crippen molar-refractivity contribution < 1.29 is 4.74 Å². The van der Waals surface area contributed by atoms with Gasteiger partial charge in [0.1, 0.15) is 16.7 Å². The second-order valence-corrected chi connectivity index (χ2v) is 6.75. The Morgan fingerprint density at radius 3 is 2.43 bits per heavy atom. The first kappa shape index (κ1) is 16.5. The Balaban J connectivity index is 2.24. The summed E-state index contributed by atoms with van der Waals surface area (Å²) in [4.78, 5) is 9.07. The number of halogens is 2.